The second-order valence-corrected chi connectivity index (χ2v) is 10.7. The molecule has 1 unspecified atom stereocenters. The zero-order valence-electron chi connectivity index (χ0n) is 22.6. The van der Waals surface area contributed by atoms with E-state index in [-0.39, 0.29) is 12.0 Å². The number of likely N-dealkylation sites (N-methyl/N-ethyl adjacent to an activating group) is 1. The zero-order chi connectivity index (χ0) is 26.2. The molecule has 200 valence electrons. The first-order chi connectivity index (χ1) is 18.7. The number of piperidine rings is 1. The van der Waals surface area contributed by atoms with Crippen LogP contribution in [0.1, 0.15) is 60.0 Å². The van der Waals surface area contributed by atoms with Crippen LogP contribution in [-0.4, -0.2) is 67.1 Å². The summed E-state index contributed by atoms with van der Waals surface area (Å²) in [4.78, 5) is 17.7. The SMILES string of the molecule is CCN1CCCC1CNC(=O)c1ccc(OC2CCN(CC(c3ccccc3)c3ccccc3)CC2)cc1. The van der Waals surface area contributed by atoms with Crippen LogP contribution in [0.25, 0.3) is 0 Å². The van der Waals surface area contributed by atoms with E-state index in [4.69, 9.17) is 4.74 Å². The van der Waals surface area contributed by atoms with E-state index in [0.29, 0.717) is 17.5 Å². The van der Waals surface area contributed by atoms with E-state index in [1.165, 1.54) is 24.0 Å². The Bertz CT molecular complexity index is 1090. The fraction of sp³-hybridized carbons (Fsp3) is 0.424. The molecule has 0 aliphatic carbocycles. The van der Waals surface area contributed by atoms with Crippen molar-refractivity contribution in [1.82, 2.24) is 15.1 Å². The molecule has 0 spiro atoms. The van der Waals surface area contributed by atoms with E-state index in [1.54, 1.807) is 0 Å². The van der Waals surface area contributed by atoms with Crippen LogP contribution in [0.5, 0.6) is 5.75 Å². The molecule has 5 nitrogen and oxygen atoms in total. The lowest BCUT2D eigenvalue weighted by Crippen LogP contribution is -2.40. The molecule has 3 aromatic rings. The highest BCUT2D eigenvalue weighted by Crippen LogP contribution is 2.28. The smallest absolute Gasteiger partial charge is 0.251 e. The lowest BCUT2D eigenvalue weighted by molar-refractivity contribution is 0.0940. The van der Waals surface area contributed by atoms with Crippen LogP contribution in [0.3, 0.4) is 0 Å². The average molecular weight is 512 g/mol. The van der Waals surface area contributed by atoms with Crippen LogP contribution in [0, 0.1) is 0 Å². The van der Waals surface area contributed by atoms with Gasteiger partial charge >= 0.3 is 0 Å². The monoisotopic (exact) mass is 511 g/mol. The van der Waals surface area contributed by atoms with Gasteiger partial charge in [-0.05, 0) is 74.2 Å². The lowest BCUT2D eigenvalue weighted by Gasteiger charge is -2.34. The van der Waals surface area contributed by atoms with Crippen molar-refractivity contribution in [3.63, 3.8) is 0 Å². The summed E-state index contributed by atoms with van der Waals surface area (Å²) >= 11 is 0. The van der Waals surface area contributed by atoms with Crippen molar-refractivity contribution in [3.8, 4) is 5.75 Å². The standard InChI is InChI=1S/C33H41N3O2/c1-2-36-21-9-14-29(36)24-34-33(37)28-15-17-30(18-16-28)38-31-19-22-35(23-20-31)25-32(26-10-5-3-6-11-26)27-12-7-4-8-13-27/h3-8,10-13,15-18,29,31-32H,2,9,14,19-25H2,1H3,(H,34,37). The molecule has 2 aliphatic heterocycles. The molecule has 1 N–H and O–H groups in total. The first kappa shape index (κ1) is 26.5. The normalized spacial score (nSPS) is 19.1. The number of carbonyl (C=O) groups is 1. The second kappa shape index (κ2) is 13.1. The minimum Gasteiger partial charge on any atom is -0.490 e. The number of hydrogen-bond acceptors (Lipinski definition) is 4. The third-order valence-corrected chi connectivity index (χ3v) is 8.20. The number of benzene rings is 3. The molecular formula is C33H41N3O2. The number of amides is 1. The van der Waals surface area contributed by atoms with E-state index in [9.17, 15) is 4.79 Å². The Morgan fingerprint density at radius 3 is 2.11 bits per heavy atom. The van der Waals surface area contributed by atoms with Crippen LogP contribution in [-0.2, 0) is 0 Å². The molecule has 5 heteroatoms. The van der Waals surface area contributed by atoms with E-state index in [0.717, 1.165) is 57.9 Å². The lowest BCUT2D eigenvalue weighted by atomic mass is 9.90. The number of likely N-dealkylation sites (tertiary alicyclic amines) is 2. The van der Waals surface area contributed by atoms with E-state index >= 15 is 0 Å². The quantitative estimate of drug-likeness (QED) is 0.386. The van der Waals surface area contributed by atoms with Crippen molar-refractivity contribution in [1.29, 1.82) is 0 Å². The molecule has 5 rings (SSSR count). The van der Waals surface area contributed by atoms with E-state index in [2.05, 4.69) is 82.7 Å². The predicted octanol–water partition coefficient (Wildman–Crippen LogP) is 5.58. The minimum atomic E-state index is -0.000743. The van der Waals surface area contributed by atoms with Gasteiger partial charge in [0.1, 0.15) is 11.9 Å². The Labute approximate surface area is 227 Å². The Balaban J connectivity index is 1.10. The van der Waals surface area contributed by atoms with Crippen molar-refractivity contribution in [2.24, 2.45) is 0 Å². The molecule has 2 fully saturated rings. The van der Waals surface area contributed by atoms with Gasteiger partial charge < -0.3 is 15.0 Å². The van der Waals surface area contributed by atoms with E-state index < -0.39 is 0 Å². The van der Waals surface area contributed by atoms with Gasteiger partial charge in [0.15, 0.2) is 0 Å². The molecule has 3 aromatic carbocycles. The molecule has 0 radical (unpaired) electrons. The summed E-state index contributed by atoms with van der Waals surface area (Å²) in [6.45, 7) is 8.17. The maximum atomic E-state index is 12.7. The topological polar surface area (TPSA) is 44.8 Å². The third-order valence-electron chi connectivity index (χ3n) is 8.20. The summed E-state index contributed by atoms with van der Waals surface area (Å²) in [6.07, 6.45) is 4.61. The minimum absolute atomic E-state index is 0.000743. The first-order valence-corrected chi connectivity index (χ1v) is 14.3. The van der Waals surface area contributed by atoms with Gasteiger partial charge in [-0.15, -0.1) is 0 Å². The summed E-state index contributed by atoms with van der Waals surface area (Å²) in [5.74, 6) is 1.21. The molecule has 0 bridgehead atoms. The molecule has 2 saturated heterocycles. The highest BCUT2D eigenvalue weighted by atomic mass is 16.5. The van der Waals surface area contributed by atoms with Gasteiger partial charge in [-0.1, -0.05) is 67.6 Å². The molecule has 1 atom stereocenters. The van der Waals surface area contributed by atoms with Gasteiger partial charge in [0, 0.05) is 43.7 Å². The molecule has 2 heterocycles. The number of ether oxygens (including phenoxy) is 1. The number of carbonyl (C=O) groups excluding carboxylic acids is 1. The summed E-state index contributed by atoms with van der Waals surface area (Å²) in [7, 11) is 0. The molecule has 2 aliphatic rings. The average Bonchev–Trinajstić information content (AvgIpc) is 3.44. The first-order valence-electron chi connectivity index (χ1n) is 14.3. The summed E-state index contributed by atoms with van der Waals surface area (Å²) < 4.78 is 6.32. The van der Waals surface area contributed by atoms with Gasteiger partial charge in [0.25, 0.3) is 5.91 Å². The Kier molecular flexibility index (Phi) is 9.11. The van der Waals surface area contributed by atoms with Gasteiger partial charge in [-0.2, -0.15) is 0 Å². The van der Waals surface area contributed by atoms with Gasteiger partial charge in [0.05, 0.1) is 0 Å². The van der Waals surface area contributed by atoms with Crippen LogP contribution in [0.15, 0.2) is 84.9 Å². The largest absolute Gasteiger partial charge is 0.490 e. The molecule has 1 amide bonds. The Hall–Kier alpha value is -3.15. The number of hydrogen-bond donors (Lipinski definition) is 1. The summed E-state index contributed by atoms with van der Waals surface area (Å²) in [6, 6.07) is 29.8. The zero-order valence-corrected chi connectivity index (χ0v) is 22.6. The van der Waals surface area contributed by atoms with Crippen LogP contribution < -0.4 is 10.1 Å². The van der Waals surface area contributed by atoms with Crippen LogP contribution >= 0.6 is 0 Å². The summed E-state index contributed by atoms with van der Waals surface area (Å²) in [5.41, 5.74) is 3.43. The highest BCUT2D eigenvalue weighted by Gasteiger charge is 2.25. The summed E-state index contributed by atoms with van der Waals surface area (Å²) in [5, 5.41) is 3.12. The third kappa shape index (κ3) is 6.83. The van der Waals surface area contributed by atoms with Crippen molar-refractivity contribution in [3.05, 3.63) is 102 Å². The number of nitrogens with one attached hydrogen (secondary N) is 1. The molecular weight excluding hydrogens is 470 g/mol. The maximum absolute atomic E-state index is 12.7. The fourth-order valence-corrected chi connectivity index (χ4v) is 5.97. The fourth-order valence-electron chi connectivity index (χ4n) is 5.97. The molecule has 38 heavy (non-hydrogen) atoms. The van der Waals surface area contributed by atoms with E-state index in [1.807, 2.05) is 24.3 Å². The Morgan fingerprint density at radius 1 is 0.868 bits per heavy atom. The highest BCUT2D eigenvalue weighted by molar-refractivity contribution is 5.94. The maximum Gasteiger partial charge on any atom is 0.251 e. The van der Waals surface area contributed by atoms with Crippen molar-refractivity contribution < 1.29 is 9.53 Å². The molecule has 0 aromatic heterocycles. The van der Waals surface area contributed by atoms with Gasteiger partial charge in [-0.25, -0.2) is 0 Å². The second-order valence-electron chi connectivity index (χ2n) is 10.7. The van der Waals surface area contributed by atoms with Crippen molar-refractivity contribution >= 4 is 5.91 Å². The predicted molar refractivity (Wildman–Crippen MR) is 154 cm³/mol. The van der Waals surface area contributed by atoms with Gasteiger partial charge in [0.2, 0.25) is 0 Å². The number of rotatable bonds is 10. The van der Waals surface area contributed by atoms with Crippen molar-refractivity contribution in [2.75, 3.05) is 39.3 Å². The van der Waals surface area contributed by atoms with Gasteiger partial charge in [-0.3, -0.25) is 9.69 Å². The Morgan fingerprint density at radius 2 is 1.50 bits per heavy atom. The van der Waals surface area contributed by atoms with Crippen LogP contribution in [0.2, 0.25) is 0 Å². The van der Waals surface area contributed by atoms with Crippen LogP contribution in [0.4, 0.5) is 0 Å². The molecule has 0 saturated carbocycles. The van der Waals surface area contributed by atoms with Crippen molar-refractivity contribution in [2.45, 2.75) is 50.7 Å². The number of nitrogens with zero attached hydrogens (tertiary/aromatic N) is 2.